The van der Waals surface area contributed by atoms with Crippen molar-refractivity contribution in [3.05, 3.63) is 74.5 Å². The monoisotopic (exact) mass is 373 g/mol. The van der Waals surface area contributed by atoms with Crippen molar-refractivity contribution in [2.24, 2.45) is 0 Å². The van der Waals surface area contributed by atoms with E-state index in [2.05, 4.69) is 0 Å². The van der Waals surface area contributed by atoms with E-state index in [4.69, 9.17) is 11.6 Å². The van der Waals surface area contributed by atoms with Gasteiger partial charge < -0.3 is 19.9 Å². The zero-order chi connectivity index (χ0) is 18.8. The molecule has 1 aromatic heterocycles. The van der Waals surface area contributed by atoms with Gasteiger partial charge in [0.1, 0.15) is 11.3 Å². The number of phenols is 1. The molecule has 0 saturated carbocycles. The molecule has 2 aromatic carbocycles. The van der Waals surface area contributed by atoms with Crippen molar-refractivity contribution >= 4 is 28.5 Å². The fraction of sp³-hybridized carbons (Fsp3) is 0.158. The molecular weight excluding hydrogens is 358 g/mol. The number of halogens is 1. The average Bonchev–Trinajstić information content (AvgIpc) is 2.60. The molecule has 3 N–H and O–H groups in total. The number of phenolic OH excluding ortho intramolecular Hbond substituents is 1. The molecule has 3 rings (SSSR count). The second kappa shape index (κ2) is 7.19. The Bertz CT molecular complexity index is 1060. The highest BCUT2D eigenvalue weighted by molar-refractivity contribution is 6.31. The molecule has 0 unspecified atom stereocenters. The number of carbonyl (C=O) groups is 1. The Kier molecular flexibility index (Phi) is 4.97. The maximum absolute atomic E-state index is 12.5. The Labute approximate surface area is 153 Å². The number of aliphatic hydroxyl groups is 1. The molecule has 0 fully saturated rings. The summed E-state index contributed by atoms with van der Waals surface area (Å²) in [5, 5.41) is 28.6. The smallest absolute Gasteiger partial charge is 0.341 e. The molecule has 0 aliphatic rings. The normalized spacial score (nSPS) is 11.0. The summed E-state index contributed by atoms with van der Waals surface area (Å²) in [6, 6.07) is 9.84. The van der Waals surface area contributed by atoms with Crippen molar-refractivity contribution in [3.8, 4) is 5.75 Å². The minimum Gasteiger partial charge on any atom is -0.508 e. The highest BCUT2D eigenvalue weighted by Gasteiger charge is 2.15. The van der Waals surface area contributed by atoms with Gasteiger partial charge in [0.05, 0.1) is 12.1 Å². The van der Waals surface area contributed by atoms with Crippen LogP contribution in [0.1, 0.15) is 21.5 Å². The summed E-state index contributed by atoms with van der Waals surface area (Å²) >= 11 is 6.13. The van der Waals surface area contributed by atoms with Crippen molar-refractivity contribution in [1.29, 1.82) is 0 Å². The van der Waals surface area contributed by atoms with Crippen LogP contribution in [0.3, 0.4) is 0 Å². The summed E-state index contributed by atoms with van der Waals surface area (Å²) in [7, 11) is 0. The van der Waals surface area contributed by atoms with Crippen molar-refractivity contribution < 1.29 is 20.1 Å². The number of nitrogens with zero attached hydrogens (tertiary/aromatic N) is 1. The van der Waals surface area contributed by atoms with Gasteiger partial charge in [-0.2, -0.15) is 0 Å². The van der Waals surface area contributed by atoms with E-state index < -0.39 is 11.4 Å². The number of pyridine rings is 1. The number of hydrogen-bond donors (Lipinski definition) is 3. The van der Waals surface area contributed by atoms with Crippen LogP contribution in [0.2, 0.25) is 5.02 Å². The number of rotatable bonds is 5. The topological polar surface area (TPSA) is 99.8 Å². The Hall–Kier alpha value is -2.83. The van der Waals surface area contributed by atoms with Crippen molar-refractivity contribution in [2.45, 2.75) is 13.0 Å². The molecule has 6 nitrogen and oxygen atoms in total. The molecule has 0 amide bonds. The van der Waals surface area contributed by atoms with Crippen molar-refractivity contribution in [1.82, 2.24) is 4.57 Å². The van der Waals surface area contributed by atoms with Crippen LogP contribution in [0.15, 0.2) is 47.4 Å². The second-order valence-electron chi connectivity index (χ2n) is 5.90. The van der Waals surface area contributed by atoms with Gasteiger partial charge in [0.25, 0.3) is 0 Å². The summed E-state index contributed by atoms with van der Waals surface area (Å²) in [4.78, 5) is 23.9. The number of aromatic carboxylic acids is 1. The molecule has 3 aromatic rings. The van der Waals surface area contributed by atoms with E-state index in [0.717, 1.165) is 11.1 Å². The van der Waals surface area contributed by atoms with Gasteiger partial charge in [0.2, 0.25) is 5.43 Å². The SMILES string of the molecule is O=C(O)c1cn(CCO)c2ccc(Cc3ccc(O)cc3Cl)cc2c1=O. The summed E-state index contributed by atoms with van der Waals surface area (Å²) in [5.74, 6) is -1.24. The molecule has 0 atom stereocenters. The zero-order valence-electron chi connectivity index (χ0n) is 13.6. The van der Waals surface area contributed by atoms with E-state index in [1.807, 2.05) is 6.07 Å². The summed E-state index contributed by atoms with van der Waals surface area (Å²) in [6.45, 7) is 0.00208. The molecule has 0 radical (unpaired) electrons. The largest absolute Gasteiger partial charge is 0.508 e. The highest BCUT2D eigenvalue weighted by atomic mass is 35.5. The van der Waals surface area contributed by atoms with Gasteiger partial charge in [-0.15, -0.1) is 0 Å². The average molecular weight is 374 g/mol. The molecule has 0 aliphatic heterocycles. The summed E-state index contributed by atoms with van der Waals surface area (Å²) in [5.41, 5.74) is 1.19. The molecule has 7 heteroatoms. The highest BCUT2D eigenvalue weighted by Crippen LogP contribution is 2.25. The molecule has 134 valence electrons. The van der Waals surface area contributed by atoms with Crippen LogP contribution in [0.25, 0.3) is 10.9 Å². The summed E-state index contributed by atoms with van der Waals surface area (Å²) in [6.07, 6.45) is 1.67. The maximum Gasteiger partial charge on any atom is 0.341 e. The first-order valence-electron chi connectivity index (χ1n) is 7.88. The van der Waals surface area contributed by atoms with Gasteiger partial charge in [-0.25, -0.2) is 4.79 Å². The first kappa shape index (κ1) is 18.0. The fourth-order valence-corrected chi connectivity index (χ4v) is 3.14. The first-order valence-corrected chi connectivity index (χ1v) is 8.26. The number of aliphatic hydroxyl groups excluding tert-OH is 1. The van der Waals surface area contributed by atoms with Crippen LogP contribution >= 0.6 is 11.6 Å². The second-order valence-corrected chi connectivity index (χ2v) is 6.31. The van der Waals surface area contributed by atoms with Gasteiger partial charge in [0, 0.05) is 23.2 Å². The predicted octanol–water partition coefficient (Wildman–Crippen LogP) is 2.64. The third-order valence-electron chi connectivity index (χ3n) is 4.15. The fourth-order valence-electron chi connectivity index (χ4n) is 2.90. The standard InChI is InChI=1S/C19H16ClNO5/c20-16-9-13(23)3-2-12(16)7-11-1-4-17-14(8-11)18(24)15(19(25)26)10-21(17)5-6-22/h1-4,8-10,22-23H,5-7H2,(H,25,26). The molecule has 0 spiro atoms. The Morgan fingerprint density at radius 1 is 1.15 bits per heavy atom. The van der Waals surface area contributed by atoms with Crippen LogP contribution < -0.4 is 5.43 Å². The van der Waals surface area contributed by atoms with Crippen molar-refractivity contribution in [2.75, 3.05) is 6.61 Å². The van der Waals surface area contributed by atoms with Crippen LogP contribution in [-0.2, 0) is 13.0 Å². The molecule has 0 aliphatic carbocycles. The number of fused-ring (bicyclic) bond motifs is 1. The van der Waals surface area contributed by atoms with Gasteiger partial charge in [-0.3, -0.25) is 4.79 Å². The number of carboxylic acid groups (broad SMARTS) is 1. The quantitative estimate of drug-likeness (QED) is 0.638. The maximum atomic E-state index is 12.5. The third kappa shape index (κ3) is 3.42. The summed E-state index contributed by atoms with van der Waals surface area (Å²) < 4.78 is 1.55. The predicted molar refractivity (Wildman–Crippen MR) is 98.2 cm³/mol. The Morgan fingerprint density at radius 3 is 2.58 bits per heavy atom. The van der Waals surface area contributed by atoms with Gasteiger partial charge >= 0.3 is 5.97 Å². The molecule has 1 heterocycles. The lowest BCUT2D eigenvalue weighted by molar-refractivity contribution is 0.0694. The van der Waals surface area contributed by atoms with Gasteiger partial charge in [-0.1, -0.05) is 23.7 Å². The van der Waals surface area contributed by atoms with Crippen molar-refractivity contribution in [3.63, 3.8) is 0 Å². The van der Waals surface area contributed by atoms with Crippen LogP contribution in [0.4, 0.5) is 0 Å². The third-order valence-corrected chi connectivity index (χ3v) is 4.50. The lowest BCUT2D eigenvalue weighted by atomic mass is 10.0. The molecular formula is C19H16ClNO5. The van der Waals surface area contributed by atoms with E-state index in [-0.39, 0.29) is 29.9 Å². The van der Waals surface area contributed by atoms with Crippen LogP contribution in [-0.4, -0.2) is 32.5 Å². The zero-order valence-corrected chi connectivity index (χ0v) is 14.4. The Balaban J connectivity index is 2.13. The molecule has 0 saturated heterocycles. The number of aromatic nitrogens is 1. The van der Waals surface area contributed by atoms with Crippen LogP contribution in [0, 0.1) is 0 Å². The number of aromatic hydroxyl groups is 1. The molecule has 0 bridgehead atoms. The number of carboxylic acids is 1. The van der Waals surface area contributed by atoms with Gasteiger partial charge in [0.15, 0.2) is 0 Å². The minimum atomic E-state index is -1.31. The van der Waals surface area contributed by atoms with Gasteiger partial charge in [-0.05, 0) is 41.8 Å². The lowest BCUT2D eigenvalue weighted by Gasteiger charge is -2.12. The number of benzene rings is 2. The van der Waals surface area contributed by atoms with E-state index in [1.165, 1.54) is 18.3 Å². The van der Waals surface area contributed by atoms with E-state index in [0.29, 0.717) is 17.0 Å². The first-order chi connectivity index (χ1) is 12.4. The minimum absolute atomic E-state index is 0.0650. The van der Waals surface area contributed by atoms with E-state index in [9.17, 15) is 24.9 Å². The van der Waals surface area contributed by atoms with E-state index in [1.54, 1.807) is 22.8 Å². The number of hydrogen-bond acceptors (Lipinski definition) is 4. The van der Waals surface area contributed by atoms with E-state index >= 15 is 0 Å². The molecule has 26 heavy (non-hydrogen) atoms. The Morgan fingerprint density at radius 2 is 1.92 bits per heavy atom. The lowest BCUT2D eigenvalue weighted by Crippen LogP contribution is -2.19. The van der Waals surface area contributed by atoms with Crippen LogP contribution in [0.5, 0.6) is 5.75 Å².